The number of rotatable bonds is 5. The summed E-state index contributed by atoms with van der Waals surface area (Å²) in [7, 11) is 0. The quantitative estimate of drug-likeness (QED) is 0.495. The highest BCUT2D eigenvalue weighted by Crippen LogP contribution is 2.33. The van der Waals surface area contributed by atoms with Gasteiger partial charge in [0.2, 0.25) is 0 Å². The van der Waals surface area contributed by atoms with Gasteiger partial charge in [0, 0.05) is 18.8 Å². The first kappa shape index (κ1) is 24.9. The molecule has 0 bridgehead atoms. The van der Waals surface area contributed by atoms with Crippen LogP contribution in [-0.4, -0.2) is 49.1 Å². The van der Waals surface area contributed by atoms with Gasteiger partial charge < -0.3 is 20.7 Å². The minimum atomic E-state index is -4.51. The van der Waals surface area contributed by atoms with Crippen molar-refractivity contribution >= 4 is 34.2 Å². The Labute approximate surface area is 210 Å². The molecule has 1 atom stereocenters. The Morgan fingerprint density at radius 1 is 1.11 bits per heavy atom. The monoisotopic (exact) mass is 517 g/mol. The van der Waals surface area contributed by atoms with Gasteiger partial charge >= 0.3 is 18.0 Å². The smallest absolute Gasteiger partial charge is 0.383 e. The van der Waals surface area contributed by atoms with Crippen molar-refractivity contribution in [3.05, 3.63) is 42.0 Å². The van der Waals surface area contributed by atoms with Gasteiger partial charge in [0.15, 0.2) is 6.23 Å². The zero-order valence-electron chi connectivity index (χ0n) is 19.9. The summed E-state index contributed by atoms with van der Waals surface area (Å²) in [5.41, 5.74) is 6.16. The zero-order chi connectivity index (χ0) is 26.2. The summed E-state index contributed by atoms with van der Waals surface area (Å²) in [6.07, 6.45) is 3.71. The number of fused-ring (bicyclic) bond motifs is 1. The summed E-state index contributed by atoms with van der Waals surface area (Å²) in [5, 5.41) is 7.56. The number of ether oxygens (including phenoxy) is 1. The maximum atomic E-state index is 13.3. The second-order valence-electron chi connectivity index (χ2n) is 9.24. The van der Waals surface area contributed by atoms with Crippen molar-refractivity contribution in [1.29, 1.82) is 0 Å². The molecule has 37 heavy (non-hydrogen) atoms. The number of hydrogen-bond donors (Lipinski definition) is 2. The molecule has 2 aliphatic rings. The van der Waals surface area contributed by atoms with E-state index in [9.17, 15) is 22.8 Å². The van der Waals surface area contributed by atoms with Crippen LogP contribution in [0.3, 0.4) is 0 Å². The average Bonchev–Trinajstić information content (AvgIpc) is 3.30. The molecule has 5 rings (SSSR count). The fraction of sp³-hybridized carbons (Fsp3) is 0.458. The summed E-state index contributed by atoms with van der Waals surface area (Å²) >= 11 is 0. The van der Waals surface area contributed by atoms with E-state index in [0.717, 1.165) is 37.9 Å². The molecule has 196 valence electrons. The molecule has 4 heterocycles. The Morgan fingerprint density at radius 3 is 2.54 bits per heavy atom. The van der Waals surface area contributed by atoms with E-state index in [1.165, 1.54) is 17.2 Å². The van der Waals surface area contributed by atoms with Crippen LogP contribution in [0.2, 0.25) is 0 Å². The van der Waals surface area contributed by atoms with Crippen LogP contribution in [0.15, 0.2) is 30.7 Å². The van der Waals surface area contributed by atoms with Gasteiger partial charge in [0.05, 0.1) is 41.3 Å². The highest BCUT2D eigenvalue weighted by Gasteiger charge is 2.34. The molecule has 3 aromatic heterocycles. The first-order valence-electron chi connectivity index (χ1n) is 12.1. The van der Waals surface area contributed by atoms with Gasteiger partial charge in [-0.25, -0.2) is 9.67 Å². The van der Waals surface area contributed by atoms with Crippen LogP contribution >= 0.6 is 0 Å². The number of alkyl halides is 3. The Balaban J connectivity index is 1.38. The number of aromatic nitrogens is 4. The number of nitrogen functional groups attached to an aromatic ring is 1. The zero-order valence-corrected chi connectivity index (χ0v) is 19.9. The second kappa shape index (κ2) is 9.96. The van der Waals surface area contributed by atoms with Gasteiger partial charge in [-0.3, -0.25) is 14.6 Å². The van der Waals surface area contributed by atoms with Crippen molar-refractivity contribution in [3.63, 3.8) is 0 Å². The molecule has 10 nitrogen and oxygen atoms in total. The van der Waals surface area contributed by atoms with E-state index in [4.69, 9.17) is 10.5 Å². The molecule has 1 unspecified atom stereocenters. The van der Waals surface area contributed by atoms with Crippen LogP contribution in [0.1, 0.15) is 56.0 Å². The Hall–Kier alpha value is -3.74. The van der Waals surface area contributed by atoms with Crippen LogP contribution in [0.4, 0.5) is 24.7 Å². The SMILES string of the molecule is Nc1ncc(NC(=O)C(=O)N(Cc2ccc(C(F)(F)F)cn2)C2CCC2)c2c1cnn2C1CCCCO1. The summed E-state index contributed by atoms with van der Waals surface area (Å²) < 4.78 is 46.2. The maximum absolute atomic E-state index is 13.3. The molecule has 0 radical (unpaired) electrons. The van der Waals surface area contributed by atoms with Crippen LogP contribution in [-0.2, 0) is 27.0 Å². The van der Waals surface area contributed by atoms with E-state index >= 15 is 0 Å². The van der Waals surface area contributed by atoms with E-state index in [1.54, 1.807) is 10.9 Å². The van der Waals surface area contributed by atoms with Gasteiger partial charge in [-0.2, -0.15) is 18.3 Å². The summed E-state index contributed by atoms with van der Waals surface area (Å²) in [5.74, 6) is -1.48. The fourth-order valence-corrected chi connectivity index (χ4v) is 4.54. The lowest BCUT2D eigenvalue weighted by atomic mass is 9.91. The fourth-order valence-electron chi connectivity index (χ4n) is 4.54. The van der Waals surface area contributed by atoms with Crippen LogP contribution in [0.5, 0.6) is 0 Å². The number of nitrogens with zero attached hydrogens (tertiary/aromatic N) is 5. The van der Waals surface area contributed by atoms with Crippen molar-refractivity contribution in [2.45, 2.75) is 63.5 Å². The molecular formula is C24H26F3N7O3. The molecule has 2 amide bonds. The minimum Gasteiger partial charge on any atom is -0.383 e. The van der Waals surface area contributed by atoms with Crippen molar-refractivity contribution in [2.24, 2.45) is 0 Å². The number of amides is 2. The lowest BCUT2D eigenvalue weighted by Crippen LogP contribution is -2.48. The van der Waals surface area contributed by atoms with Crippen molar-refractivity contribution in [2.75, 3.05) is 17.7 Å². The van der Waals surface area contributed by atoms with Crippen LogP contribution in [0, 0.1) is 0 Å². The summed E-state index contributed by atoms with van der Waals surface area (Å²) in [6.45, 7) is 0.499. The third-order valence-corrected chi connectivity index (χ3v) is 6.79. The summed E-state index contributed by atoms with van der Waals surface area (Å²) in [6, 6.07) is 1.93. The third kappa shape index (κ3) is 5.08. The number of nitrogens with one attached hydrogen (secondary N) is 1. The number of hydrogen-bond acceptors (Lipinski definition) is 7. The lowest BCUT2D eigenvalue weighted by Gasteiger charge is -2.37. The third-order valence-electron chi connectivity index (χ3n) is 6.79. The molecule has 13 heteroatoms. The summed E-state index contributed by atoms with van der Waals surface area (Å²) in [4.78, 5) is 35.7. The van der Waals surface area contributed by atoms with Gasteiger partial charge in [-0.05, 0) is 50.7 Å². The van der Waals surface area contributed by atoms with E-state index in [1.807, 2.05) is 0 Å². The Morgan fingerprint density at radius 2 is 1.92 bits per heavy atom. The average molecular weight is 518 g/mol. The Bertz CT molecular complexity index is 1300. The molecule has 2 fully saturated rings. The highest BCUT2D eigenvalue weighted by atomic mass is 19.4. The lowest BCUT2D eigenvalue weighted by molar-refractivity contribution is -0.146. The number of halogens is 3. The van der Waals surface area contributed by atoms with Gasteiger partial charge in [-0.15, -0.1) is 0 Å². The molecule has 1 saturated heterocycles. The first-order chi connectivity index (χ1) is 17.7. The molecule has 1 saturated carbocycles. The molecule has 0 spiro atoms. The molecular weight excluding hydrogens is 491 g/mol. The highest BCUT2D eigenvalue weighted by molar-refractivity contribution is 6.40. The van der Waals surface area contributed by atoms with E-state index in [2.05, 4.69) is 20.4 Å². The molecule has 0 aromatic carbocycles. The largest absolute Gasteiger partial charge is 0.417 e. The molecule has 1 aliphatic heterocycles. The topological polar surface area (TPSA) is 128 Å². The van der Waals surface area contributed by atoms with E-state index < -0.39 is 23.6 Å². The number of carbonyl (C=O) groups excluding carboxylic acids is 2. The van der Waals surface area contributed by atoms with Gasteiger partial charge in [0.1, 0.15) is 11.3 Å². The Kier molecular flexibility index (Phi) is 6.71. The number of anilines is 2. The predicted octanol–water partition coefficient (Wildman–Crippen LogP) is 3.65. The van der Waals surface area contributed by atoms with E-state index in [-0.39, 0.29) is 36.0 Å². The van der Waals surface area contributed by atoms with Gasteiger partial charge in [-0.1, -0.05) is 0 Å². The van der Waals surface area contributed by atoms with E-state index in [0.29, 0.717) is 30.4 Å². The van der Waals surface area contributed by atoms with Crippen molar-refractivity contribution < 1.29 is 27.5 Å². The molecule has 3 N–H and O–H groups in total. The normalized spacial score (nSPS) is 18.4. The predicted molar refractivity (Wildman–Crippen MR) is 127 cm³/mol. The minimum absolute atomic E-state index is 0.0850. The maximum Gasteiger partial charge on any atom is 0.417 e. The number of pyridine rings is 2. The molecule has 1 aliphatic carbocycles. The molecule has 3 aromatic rings. The van der Waals surface area contributed by atoms with Crippen LogP contribution in [0.25, 0.3) is 10.9 Å². The van der Waals surface area contributed by atoms with Crippen molar-refractivity contribution in [1.82, 2.24) is 24.6 Å². The van der Waals surface area contributed by atoms with Crippen LogP contribution < -0.4 is 11.1 Å². The second-order valence-corrected chi connectivity index (χ2v) is 9.24. The number of carbonyl (C=O) groups is 2. The first-order valence-corrected chi connectivity index (χ1v) is 12.1. The standard InChI is InChI=1S/C24H26F3N7O3/c25-24(26,27)14-7-8-15(29-10-14)13-33(16-4-3-5-16)23(36)22(35)32-18-12-30-21(28)17-11-31-34(20(17)18)19-6-1-2-9-37-19/h7-8,10-12,16,19H,1-6,9,13H2,(H2,28,30)(H,32,35). The number of nitrogens with two attached hydrogens (primary N) is 1. The van der Waals surface area contributed by atoms with Gasteiger partial charge in [0.25, 0.3) is 0 Å². The van der Waals surface area contributed by atoms with Crippen molar-refractivity contribution in [3.8, 4) is 0 Å².